The number of unbranched alkanes of at least 4 members (excludes halogenated alkanes) is 2. The molecule has 0 radical (unpaired) electrons. The van der Waals surface area contributed by atoms with E-state index in [1.165, 1.54) is 30.3 Å². The number of pyridine rings is 2. The van der Waals surface area contributed by atoms with Crippen LogP contribution in [0, 0.1) is 10.7 Å². The van der Waals surface area contributed by atoms with Gasteiger partial charge in [0.15, 0.2) is 0 Å². The molecule has 2 rings (SSSR count). The second kappa shape index (κ2) is 32.2. The first-order valence-corrected chi connectivity index (χ1v) is 20.8. The van der Waals surface area contributed by atoms with Gasteiger partial charge in [0.05, 0.1) is 51.0 Å². The first-order valence-electron chi connectivity index (χ1n) is 17.0. The minimum atomic E-state index is -1.08. The van der Waals surface area contributed by atoms with Crippen molar-refractivity contribution >= 4 is 47.2 Å². The SMILES string of the molecule is CSC.N#CSCCCCCSCCCOCCN(CCOCCOCCN(CCO)Cc1cccc(C(=O)O)n1)Cc1cccc(C(=O)O)n1. The Morgan fingerprint density at radius 3 is 1.67 bits per heavy atom. The van der Waals surface area contributed by atoms with Gasteiger partial charge >= 0.3 is 11.9 Å². The third kappa shape index (κ3) is 25.2. The van der Waals surface area contributed by atoms with Gasteiger partial charge in [0.2, 0.25) is 0 Å². The molecule has 3 N–H and O–H groups in total. The van der Waals surface area contributed by atoms with Crippen LogP contribution < -0.4 is 0 Å². The summed E-state index contributed by atoms with van der Waals surface area (Å²) in [6.45, 7) is 5.93. The van der Waals surface area contributed by atoms with Crippen molar-refractivity contribution in [3.63, 3.8) is 0 Å². The summed E-state index contributed by atoms with van der Waals surface area (Å²) < 4.78 is 17.4. The van der Waals surface area contributed by atoms with Crippen LogP contribution in [-0.2, 0) is 27.3 Å². The fourth-order valence-corrected chi connectivity index (χ4v) is 5.86. The monoisotopic (exact) mass is 769 g/mol. The average Bonchev–Trinajstić information content (AvgIpc) is 3.11. The molecule has 0 fully saturated rings. The van der Waals surface area contributed by atoms with E-state index in [4.69, 9.17) is 24.6 Å². The molecule has 0 spiro atoms. The Morgan fingerprint density at radius 2 is 1.18 bits per heavy atom. The average molecular weight is 770 g/mol. The van der Waals surface area contributed by atoms with Crippen molar-refractivity contribution in [2.45, 2.75) is 38.8 Å². The predicted octanol–water partition coefficient (Wildman–Crippen LogP) is 4.71. The molecule has 0 saturated carbocycles. The number of nitriles is 1. The number of thioether (sulfide) groups is 3. The number of carboxylic acids is 2. The van der Waals surface area contributed by atoms with E-state index < -0.39 is 11.9 Å². The number of thiocyanates is 1. The summed E-state index contributed by atoms with van der Waals surface area (Å²) in [4.78, 5) is 35.1. The van der Waals surface area contributed by atoms with Crippen LogP contribution in [0.5, 0.6) is 0 Å². The Bertz CT molecular complexity index is 1240. The van der Waals surface area contributed by atoms with Crippen LogP contribution >= 0.6 is 35.3 Å². The fraction of sp³-hybridized carbons (Fsp3) is 0.629. The molecule has 0 aromatic carbocycles. The summed E-state index contributed by atoms with van der Waals surface area (Å²) in [6, 6.07) is 9.84. The van der Waals surface area contributed by atoms with Crippen LogP contribution in [0.1, 0.15) is 58.0 Å². The van der Waals surface area contributed by atoms with Crippen molar-refractivity contribution in [1.82, 2.24) is 19.8 Å². The van der Waals surface area contributed by atoms with Crippen LogP contribution in [-0.4, -0.2) is 149 Å². The molecule has 0 unspecified atom stereocenters. The lowest BCUT2D eigenvalue weighted by Crippen LogP contribution is -2.32. The normalized spacial score (nSPS) is 11.0. The third-order valence-electron chi connectivity index (χ3n) is 6.94. The number of aromatic carboxylic acids is 2. The van der Waals surface area contributed by atoms with Gasteiger partial charge < -0.3 is 29.5 Å². The molecule has 0 aliphatic heterocycles. The predicted molar refractivity (Wildman–Crippen MR) is 206 cm³/mol. The molecule has 2 aromatic heterocycles. The van der Waals surface area contributed by atoms with Crippen molar-refractivity contribution < 1.29 is 39.1 Å². The van der Waals surface area contributed by atoms with Gasteiger partial charge in [0, 0.05) is 51.6 Å². The minimum Gasteiger partial charge on any atom is -0.477 e. The maximum atomic E-state index is 11.4. The smallest absolute Gasteiger partial charge is 0.354 e. The molecule has 16 heteroatoms. The van der Waals surface area contributed by atoms with Crippen molar-refractivity contribution in [3.05, 3.63) is 59.2 Å². The maximum absolute atomic E-state index is 11.4. The van der Waals surface area contributed by atoms with E-state index >= 15 is 0 Å². The van der Waals surface area contributed by atoms with Gasteiger partial charge in [-0.05, 0) is 79.3 Å². The molecule has 0 amide bonds. The summed E-state index contributed by atoms with van der Waals surface area (Å²) in [6.07, 6.45) is 8.48. The number of ether oxygens (including phenoxy) is 3. The van der Waals surface area contributed by atoms with Crippen LogP contribution in [0.2, 0.25) is 0 Å². The van der Waals surface area contributed by atoms with Crippen molar-refractivity contribution in [3.8, 4) is 5.40 Å². The van der Waals surface area contributed by atoms with Crippen LogP contribution in [0.15, 0.2) is 36.4 Å². The number of carbonyl (C=O) groups is 2. The van der Waals surface area contributed by atoms with Crippen molar-refractivity contribution in [2.24, 2.45) is 0 Å². The third-order valence-corrected chi connectivity index (χ3v) is 8.72. The van der Waals surface area contributed by atoms with E-state index in [0.717, 1.165) is 36.5 Å². The van der Waals surface area contributed by atoms with Gasteiger partial charge in [-0.3, -0.25) is 9.80 Å². The van der Waals surface area contributed by atoms with Crippen LogP contribution in [0.25, 0.3) is 0 Å². The van der Waals surface area contributed by atoms with Crippen LogP contribution in [0.4, 0.5) is 0 Å². The number of aromatic nitrogens is 2. The number of hydrogen-bond donors (Lipinski definition) is 3. The van der Waals surface area contributed by atoms with E-state index in [9.17, 15) is 19.8 Å². The minimum absolute atomic E-state index is 0.0123. The number of aliphatic hydroxyl groups is 1. The summed E-state index contributed by atoms with van der Waals surface area (Å²) >= 11 is 5.01. The molecule has 2 heterocycles. The zero-order chi connectivity index (χ0) is 37.4. The Hall–Kier alpha value is -2.46. The molecule has 0 bridgehead atoms. The fourth-order valence-electron chi connectivity index (χ4n) is 4.48. The van der Waals surface area contributed by atoms with Gasteiger partial charge in [-0.1, -0.05) is 18.6 Å². The zero-order valence-electron chi connectivity index (χ0n) is 29.9. The molecule has 51 heavy (non-hydrogen) atoms. The topological polar surface area (TPSA) is 179 Å². The first kappa shape index (κ1) is 46.6. The van der Waals surface area contributed by atoms with Crippen LogP contribution in [0.3, 0.4) is 0 Å². The van der Waals surface area contributed by atoms with Crippen molar-refractivity contribution in [1.29, 1.82) is 5.26 Å². The highest BCUT2D eigenvalue weighted by atomic mass is 32.2. The summed E-state index contributed by atoms with van der Waals surface area (Å²) in [5.74, 6) is 0.949. The quantitative estimate of drug-likeness (QED) is 0.0735. The van der Waals surface area contributed by atoms with Gasteiger partial charge in [-0.15, -0.1) is 0 Å². The highest BCUT2D eigenvalue weighted by Gasteiger charge is 2.12. The number of carboxylic acid groups (broad SMARTS) is 2. The van der Waals surface area contributed by atoms with E-state index in [1.807, 2.05) is 35.2 Å². The Kier molecular flexibility index (Phi) is 29.4. The van der Waals surface area contributed by atoms with Gasteiger partial charge in [-0.25, -0.2) is 19.6 Å². The number of aliphatic hydroxyl groups excluding tert-OH is 1. The lowest BCUT2D eigenvalue weighted by Gasteiger charge is -2.22. The Labute approximate surface area is 315 Å². The zero-order valence-corrected chi connectivity index (χ0v) is 32.4. The number of nitrogens with zero attached hydrogens (tertiary/aromatic N) is 5. The van der Waals surface area contributed by atoms with Crippen molar-refractivity contribution in [2.75, 3.05) is 102 Å². The maximum Gasteiger partial charge on any atom is 0.354 e. The Morgan fingerprint density at radius 1 is 0.706 bits per heavy atom. The molecule has 0 aliphatic carbocycles. The summed E-state index contributed by atoms with van der Waals surface area (Å²) in [5.41, 5.74) is 1.27. The second-order valence-corrected chi connectivity index (χ2v) is 14.0. The Balaban J connectivity index is 0.00000418. The highest BCUT2D eigenvalue weighted by molar-refractivity contribution is 8.03. The summed E-state index contributed by atoms with van der Waals surface area (Å²) in [7, 11) is 0. The van der Waals surface area contributed by atoms with Gasteiger partial charge in [0.25, 0.3) is 0 Å². The second-order valence-electron chi connectivity index (χ2n) is 11.1. The van der Waals surface area contributed by atoms with E-state index in [1.54, 1.807) is 30.0 Å². The van der Waals surface area contributed by atoms with E-state index in [0.29, 0.717) is 90.3 Å². The summed E-state index contributed by atoms with van der Waals surface area (Å²) in [5, 5.41) is 38.6. The lowest BCUT2D eigenvalue weighted by molar-refractivity contribution is 0.0244. The van der Waals surface area contributed by atoms with Gasteiger partial charge in [0.1, 0.15) is 16.8 Å². The molecule has 2 aromatic rings. The molecule has 286 valence electrons. The molecule has 13 nitrogen and oxygen atoms in total. The molecular formula is C35H55N5O8S3. The molecule has 0 aliphatic rings. The largest absolute Gasteiger partial charge is 0.477 e. The number of hydrogen-bond acceptors (Lipinski definition) is 14. The number of rotatable bonds is 30. The lowest BCUT2D eigenvalue weighted by atomic mass is 10.3. The molecular weight excluding hydrogens is 715 g/mol. The van der Waals surface area contributed by atoms with E-state index in [-0.39, 0.29) is 18.0 Å². The molecule has 0 saturated heterocycles. The standard InChI is InChI=1S/C33H49N5O8S2.C2H6S/c34-27-48-23-3-1-2-22-47-24-6-16-44-17-13-38(26-29-8-5-10-31(36-29)33(42)43)14-19-46-21-20-45-18-12-37(11-15-39)25-28-7-4-9-30(35-28)32(40)41;1-3-2/h4-5,7-10,39H,1-3,6,11-26H2,(H,40,41)(H,42,43);1-2H3. The molecule has 0 atom stereocenters. The van der Waals surface area contributed by atoms with Gasteiger partial charge in [-0.2, -0.15) is 28.8 Å². The van der Waals surface area contributed by atoms with E-state index in [2.05, 4.69) is 20.3 Å². The highest BCUT2D eigenvalue weighted by Crippen LogP contribution is 2.11. The first-order chi connectivity index (χ1) is 24.8.